The predicted molar refractivity (Wildman–Crippen MR) is 54.9 cm³/mol. The minimum Gasteiger partial charge on any atom is -0.357 e. The molecule has 2 rings (SSSR count). The van der Waals surface area contributed by atoms with Crippen LogP contribution in [0.15, 0.2) is 0 Å². The SMILES string of the molecule is CNC(=O)C1CC[C@@H]2CN1C(=O)N2OS. The first kappa shape index (κ1) is 10.6. The van der Waals surface area contributed by atoms with Crippen LogP contribution in [-0.2, 0) is 9.08 Å². The molecule has 3 amide bonds. The molecule has 15 heavy (non-hydrogen) atoms. The Balaban J connectivity index is 2.16. The molecule has 6 nitrogen and oxygen atoms in total. The molecule has 2 atom stereocenters. The summed E-state index contributed by atoms with van der Waals surface area (Å²) >= 11 is 3.64. The lowest BCUT2D eigenvalue weighted by molar-refractivity contribution is -0.125. The molecular formula is C8H13N3O3S. The number of thiol groups is 1. The molecule has 84 valence electrons. The van der Waals surface area contributed by atoms with E-state index >= 15 is 0 Å². The third-order valence-corrected chi connectivity index (χ3v) is 3.14. The van der Waals surface area contributed by atoms with E-state index in [-0.39, 0.29) is 24.0 Å². The van der Waals surface area contributed by atoms with Crippen LogP contribution in [0, 0.1) is 0 Å². The van der Waals surface area contributed by atoms with Crippen LogP contribution in [0.2, 0.25) is 0 Å². The van der Waals surface area contributed by atoms with Gasteiger partial charge in [0.15, 0.2) is 0 Å². The van der Waals surface area contributed by atoms with Gasteiger partial charge in [-0.2, -0.15) is 5.06 Å². The minimum absolute atomic E-state index is 0.0240. The highest BCUT2D eigenvalue weighted by Crippen LogP contribution is 2.30. The highest BCUT2D eigenvalue weighted by atomic mass is 32.1. The van der Waals surface area contributed by atoms with Gasteiger partial charge in [-0.15, -0.1) is 0 Å². The maximum atomic E-state index is 11.7. The lowest BCUT2D eigenvalue weighted by Crippen LogP contribution is -2.48. The van der Waals surface area contributed by atoms with Crippen LogP contribution >= 0.6 is 12.9 Å². The second-order valence-electron chi connectivity index (χ2n) is 3.70. The van der Waals surface area contributed by atoms with Crippen molar-refractivity contribution >= 4 is 24.8 Å². The van der Waals surface area contributed by atoms with Gasteiger partial charge in [0, 0.05) is 26.5 Å². The van der Waals surface area contributed by atoms with Gasteiger partial charge in [0.1, 0.15) is 6.04 Å². The van der Waals surface area contributed by atoms with E-state index in [0.717, 1.165) is 6.42 Å². The van der Waals surface area contributed by atoms with Crippen LogP contribution in [0.1, 0.15) is 12.8 Å². The number of carbonyl (C=O) groups excluding carboxylic acids is 2. The molecule has 0 saturated carbocycles. The smallest absolute Gasteiger partial charge is 0.345 e. The van der Waals surface area contributed by atoms with Crippen LogP contribution < -0.4 is 5.32 Å². The normalized spacial score (nSPS) is 29.6. The number of nitrogens with one attached hydrogen (secondary N) is 1. The summed E-state index contributed by atoms with van der Waals surface area (Å²) in [6.07, 6.45) is 1.44. The average Bonchev–Trinajstić information content (AvgIpc) is 2.51. The zero-order valence-electron chi connectivity index (χ0n) is 8.34. The fourth-order valence-electron chi connectivity index (χ4n) is 2.18. The number of rotatable bonds is 2. The van der Waals surface area contributed by atoms with Crippen molar-refractivity contribution < 1.29 is 13.9 Å². The largest absolute Gasteiger partial charge is 0.357 e. The maximum absolute atomic E-state index is 11.7. The molecule has 2 aliphatic rings. The van der Waals surface area contributed by atoms with E-state index in [1.54, 1.807) is 7.05 Å². The molecule has 2 saturated heterocycles. The van der Waals surface area contributed by atoms with E-state index in [1.807, 2.05) is 0 Å². The molecule has 0 aliphatic carbocycles. The number of hydrogen-bond donors (Lipinski definition) is 2. The molecular weight excluding hydrogens is 218 g/mol. The number of fused-ring (bicyclic) bond motifs is 2. The minimum atomic E-state index is -0.368. The van der Waals surface area contributed by atoms with Crippen molar-refractivity contribution in [1.29, 1.82) is 0 Å². The summed E-state index contributed by atoms with van der Waals surface area (Å²) < 4.78 is 4.70. The molecule has 0 aromatic rings. The van der Waals surface area contributed by atoms with Crippen molar-refractivity contribution in [2.75, 3.05) is 13.6 Å². The van der Waals surface area contributed by atoms with Crippen LogP contribution in [0.4, 0.5) is 4.79 Å². The average molecular weight is 231 g/mol. The second kappa shape index (κ2) is 3.90. The first-order valence-electron chi connectivity index (χ1n) is 4.82. The second-order valence-corrected chi connectivity index (χ2v) is 3.87. The molecule has 0 radical (unpaired) electrons. The highest BCUT2D eigenvalue weighted by Gasteiger charge is 2.47. The summed E-state index contributed by atoms with van der Waals surface area (Å²) in [5.41, 5.74) is 0. The number of nitrogens with zero attached hydrogens (tertiary/aromatic N) is 2. The summed E-state index contributed by atoms with van der Waals surface area (Å²) in [5, 5.41) is 3.79. The van der Waals surface area contributed by atoms with E-state index in [9.17, 15) is 9.59 Å². The summed E-state index contributed by atoms with van der Waals surface area (Å²) in [5.74, 6) is -0.122. The van der Waals surface area contributed by atoms with E-state index in [1.165, 1.54) is 9.96 Å². The van der Waals surface area contributed by atoms with Gasteiger partial charge < -0.3 is 10.2 Å². The first-order valence-corrected chi connectivity index (χ1v) is 5.18. The maximum Gasteiger partial charge on any atom is 0.345 e. The Labute approximate surface area is 93.1 Å². The van der Waals surface area contributed by atoms with Crippen molar-refractivity contribution in [3.05, 3.63) is 0 Å². The molecule has 7 heteroatoms. The van der Waals surface area contributed by atoms with E-state index in [2.05, 4.69) is 18.2 Å². The standard InChI is InChI=1S/C8H13N3O3S/c1-9-7(12)6-3-2-5-4-10(6)8(13)11(5)14-15/h5-6,15H,2-4H2,1H3,(H,9,12)/t5-,6?/m1/s1. The third-order valence-electron chi connectivity index (χ3n) is 2.96. The van der Waals surface area contributed by atoms with Crippen LogP contribution in [0.5, 0.6) is 0 Å². The van der Waals surface area contributed by atoms with Crippen molar-refractivity contribution in [3.63, 3.8) is 0 Å². The van der Waals surface area contributed by atoms with Gasteiger partial charge >= 0.3 is 6.03 Å². The zero-order valence-corrected chi connectivity index (χ0v) is 9.24. The van der Waals surface area contributed by atoms with Crippen molar-refractivity contribution in [2.45, 2.75) is 24.9 Å². The number of hydroxylamine groups is 2. The molecule has 0 spiro atoms. The molecule has 2 fully saturated rings. The number of carbonyl (C=O) groups is 2. The summed E-state index contributed by atoms with van der Waals surface area (Å²) in [4.78, 5) is 24.8. The lowest BCUT2D eigenvalue weighted by atomic mass is 10.0. The molecule has 1 N–H and O–H groups in total. The predicted octanol–water partition coefficient (Wildman–Crippen LogP) is -0.223. The number of hydrogen-bond acceptors (Lipinski definition) is 4. The Hall–Kier alpha value is -0.950. The Kier molecular flexibility index (Phi) is 2.74. The Morgan fingerprint density at radius 1 is 1.60 bits per heavy atom. The Morgan fingerprint density at radius 2 is 2.33 bits per heavy atom. The van der Waals surface area contributed by atoms with Gasteiger partial charge in [0.05, 0.1) is 6.04 Å². The Bertz CT molecular complexity index is 299. The van der Waals surface area contributed by atoms with Gasteiger partial charge in [-0.3, -0.25) is 4.79 Å². The van der Waals surface area contributed by atoms with Gasteiger partial charge in [-0.05, 0) is 12.8 Å². The summed E-state index contributed by atoms with van der Waals surface area (Å²) in [7, 11) is 1.57. The van der Waals surface area contributed by atoms with Crippen molar-refractivity contribution in [1.82, 2.24) is 15.3 Å². The lowest BCUT2D eigenvalue weighted by Gasteiger charge is -2.28. The van der Waals surface area contributed by atoms with Crippen LogP contribution in [0.3, 0.4) is 0 Å². The fraction of sp³-hybridized carbons (Fsp3) is 0.750. The molecule has 0 aromatic heterocycles. The first-order chi connectivity index (χ1) is 7.19. The molecule has 2 bridgehead atoms. The van der Waals surface area contributed by atoms with Gasteiger partial charge in [0.2, 0.25) is 5.91 Å². The monoisotopic (exact) mass is 231 g/mol. The van der Waals surface area contributed by atoms with Crippen molar-refractivity contribution in [2.24, 2.45) is 0 Å². The third kappa shape index (κ3) is 1.55. The summed E-state index contributed by atoms with van der Waals surface area (Å²) in [6, 6.07) is -0.621. The highest BCUT2D eigenvalue weighted by molar-refractivity contribution is 7.75. The topological polar surface area (TPSA) is 61.9 Å². The van der Waals surface area contributed by atoms with Gasteiger partial charge in [-0.1, -0.05) is 0 Å². The van der Waals surface area contributed by atoms with E-state index in [4.69, 9.17) is 4.28 Å². The molecule has 2 aliphatic heterocycles. The molecule has 1 unspecified atom stereocenters. The van der Waals surface area contributed by atoms with Gasteiger partial charge in [-0.25, -0.2) is 9.08 Å². The van der Waals surface area contributed by atoms with E-state index in [0.29, 0.717) is 13.0 Å². The molecule has 0 aromatic carbocycles. The van der Waals surface area contributed by atoms with Gasteiger partial charge in [0.25, 0.3) is 0 Å². The van der Waals surface area contributed by atoms with Crippen LogP contribution in [0.25, 0.3) is 0 Å². The van der Waals surface area contributed by atoms with E-state index < -0.39 is 0 Å². The van der Waals surface area contributed by atoms with Crippen molar-refractivity contribution in [3.8, 4) is 0 Å². The Morgan fingerprint density at radius 3 is 2.93 bits per heavy atom. The molecule has 2 heterocycles. The van der Waals surface area contributed by atoms with Crippen LogP contribution in [-0.4, -0.2) is 47.6 Å². The fourth-order valence-corrected chi connectivity index (χ4v) is 2.38. The number of likely N-dealkylation sites (N-methyl/N-ethyl adjacent to an activating group) is 1. The number of urea groups is 1. The zero-order chi connectivity index (χ0) is 11.0. The quantitative estimate of drug-likeness (QED) is 0.510. The number of amides is 3. The number of piperidine rings is 1. The summed E-state index contributed by atoms with van der Waals surface area (Å²) in [6.45, 7) is 0.539.